The summed E-state index contributed by atoms with van der Waals surface area (Å²) in [6.45, 7) is 3.66. The van der Waals surface area contributed by atoms with Crippen molar-refractivity contribution in [1.29, 1.82) is 0 Å². The lowest BCUT2D eigenvalue weighted by atomic mass is 9.76. The summed E-state index contributed by atoms with van der Waals surface area (Å²) in [5.74, 6) is -3.64. The van der Waals surface area contributed by atoms with E-state index >= 15 is 0 Å². The average Bonchev–Trinajstić information content (AvgIpc) is 3.31. The van der Waals surface area contributed by atoms with Crippen LogP contribution in [0.2, 0.25) is 5.15 Å². The normalized spacial score (nSPS) is 23.3. The minimum atomic E-state index is -1.13. The molecule has 1 aromatic heterocycles. The molecule has 0 spiro atoms. The van der Waals surface area contributed by atoms with Crippen LogP contribution in [0.1, 0.15) is 64.0 Å². The van der Waals surface area contributed by atoms with E-state index in [0.717, 1.165) is 12.0 Å². The predicted octanol–water partition coefficient (Wildman–Crippen LogP) is 4.65. The highest BCUT2D eigenvalue weighted by Gasteiger charge is 2.59. The van der Waals surface area contributed by atoms with Crippen LogP contribution in [-0.2, 0) is 16.6 Å². The predicted molar refractivity (Wildman–Crippen MR) is 141 cm³/mol. The molecule has 1 aliphatic carbocycles. The number of hydrogen-bond acceptors (Lipinski definition) is 4. The number of rotatable bonds is 6. The maximum absolute atomic E-state index is 14.4. The number of amides is 2. The largest absolute Gasteiger partial charge is 0.368 e. The molecule has 1 saturated carbocycles. The van der Waals surface area contributed by atoms with Crippen LogP contribution >= 0.6 is 11.6 Å². The zero-order valence-electron chi connectivity index (χ0n) is 21.5. The summed E-state index contributed by atoms with van der Waals surface area (Å²) >= 11 is 6.76. The van der Waals surface area contributed by atoms with E-state index in [2.05, 4.69) is 5.10 Å². The van der Waals surface area contributed by atoms with Crippen LogP contribution in [0.4, 0.5) is 4.39 Å². The van der Waals surface area contributed by atoms with Gasteiger partial charge in [-0.3, -0.25) is 19.1 Å². The highest BCUT2D eigenvalue weighted by molar-refractivity contribution is 6.30. The van der Waals surface area contributed by atoms with Crippen molar-refractivity contribution < 1.29 is 18.8 Å². The van der Waals surface area contributed by atoms with Crippen LogP contribution in [-0.4, -0.2) is 38.3 Å². The Hall–Kier alpha value is -3.52. The Balaban J connectivity index is 1.79. The van der Waals surface area contributed by atoms with Gasteiger partial charge in [0.2, 0.25) is 11.8 Å². The van der Waals surface area contributed by atoms with E-state index in [1.54, 1.807) is 44.3 Å². The van der Waals surface area contributed by atoms with Crippen LogP contribution in [0.5, 0.6) is 0 Å². The Morgan fingerprint density at radius 2 is 1.76 bits per heavy atom. The lowest BCUT2D eigenvalue weighted by molar-refractivity contribution is -0.145. The monoisotopic (exact) mass is 536 g/mol. The Labute approximate surface area is 225 Å². The number of benzene rings is 2. The molecule has 4 unspecified atom stereocenters. The third kappa shape index (κ3) is 4.30. The lowest BCUT2D eigenvalue weighted by Gasteiger charge is -2.36. The highest BCUT2D eigenvalue weighted by atomic mass is 35.5. The van der Waals surface area contributed by atoms with E-state index in [0.29, 0.717) is 35.2 Å². The number of hydrogen-bond donors (Lipinski definition) is 1. The van der Waals surface area contributed by atoms with Crippen LogP contribution in [0.15, 0.2) is 48.5 Å². The maximum Gasteiger partial charge on any atom is 0.240 e. The number of likely N-dealkylation sites (tertiary alicyclic amines) is 1. The molecule has 2 N–H and O–H groups in total. The lowest BCUT2D eigenvalue weighted by Crippen LogP contribution is -2.49. The van der Waals surface area contributed by atoms with Gasteiger partial charge < -0.3 is 10.6 Å². The fraction of sp³-hybridized carbons (Fsp3) is 0.379. The van der Waals surface area contributed by atoms with Gasteiger partial charge in [-0.15, -0.1) is 0 Å². The van der Waals surface area contributed by atoms with Crippen LogP contribution in [0.3, 0.4) is 0 Å². The number of aromatic nitrogens is 2. The van der Waals surface area contributed by atoms with Gasteiger partial charge in [-0.2, -0.15) is 5.10 Å². The molecule has 9 heteroatoms. The summed E-state index contributed by atoms with van der Waals surface area (Å²) in [5.41, 5.74) is 8.99. The van der Waals surface area contributed by atoms with Gasteiger partial charge in [-0.25, -0.2) is 4.39 Å². The minimum Gasteiger partial charge on any atom is -0.368 e. The minimum absolute atomic E-state index is 0.226. The molecule has 4 atom stereocenters. The van der Waals surface area contributed by atoms with Gasteiger partial charge in [0.05, 0.1) is 17.7 Å². The summed E-state index contributed by atoms with van der Waals surface area (Å²) in [4.78, 5) is 43.1. The molecule has 0 radical (unpaired) electrons. The summed E-state index contributed by atoms with van der Waals surface area (Å²) < 4.78 is 15.5. The molecule has 0 bridgehead atoms. The number of carbonyl (C=O) groups excluding carboxylic acids is 3. The third-order valence-electron chi connectivity index (χ3n) is 8.02. The molecule has 1 aliphatic heterocycles. The summed E-state index contributed by atoms with van der Waals surface area (Å²) in [6.07, 6.45) is 2.31. The van der Waals surface area contributed by atoms with Gasteiger partial charge in [0.15, 0.2) is 5.78 Å². The first kappa shape index (κ1) is 26.1. The first-order valence-electron chi connectivity index (χ1n) is 12.8. The molecule has 2 aliphatic rings. The quantitative estimate of drug-likeness (QED) is 0.464. The Bertz CT molecular complexity index is 1420. The van der Waals surface area contributed by atoms with Crippen molar-refractivity contribution in [2.45, 2.75) is 51.1 Å². The topological polar surface area (TPSA) is 98.3 Å². The van der Waals surface area contributed by atoms with E-state index < -0.39 is 35.6 Å². The first-order valence-corrected chi connectivity index (χ1v) is 13.1. The van der Waals surface area contributed by atoms with E-state index in [1.807, 2.05) is 13.0 Å². The van der Waals surface area contributed by atoms with Crippen molar-refractivity contribution in [2.75, 3.05) is 0 Å². The van der Waals surface area contributed by atoms with Gasteiger partial charge in [-0.1, -0.05) is 53.9 Å². The second-order valence-corrected chi connectivity index (χ2v) is 10.8. The van der Waals surface area contributed by atoms with Crippen LogP contribution in [0, 0.1) is 31.5 Å². The number of aryl methyl sites for hydroxylation is 3. The SMILES string of the molecule is Cc1cccc(C(=O)C2C(c3ccc(F)cc3)C(C(N)=O)N(C(=O)C3CCC3)C2c2c(C)nn(C)c2Cl)c1. The fourth-order valence-electron chi connectivity index (χ4n) is 6.04. The molecular formula is C29H30ClFN4O3. The van der Waals surface area contributed by atoms with E-state index in [-0.39, 0.29) is 22.8 Å². The molecular weight excluding hydrogens is 507 g/mol. The van der Waals surface area contributed by atoms with Gasteiger partial charge in [0, 0.05) is 30.0 Å². The second-order valence-electron chi connectivity index (χ2n) is 10.4. The second kappa shape index (κ2) is 9.98. The number of halogens is 2. The Morgan fingerprint density at radius 3 is 2.29 bits per heavy atom. The van der Waals surface area contributed by atoms with Crippen molar-refractivity contribution in [2.24, 2.45) is 24.6 Å². The number of Topliss-reactive ketones (excluding diaryl/α,β-unsaturated/α-hetero) is 1. The summed E-state index contributed by atoms with van der Waals surface area (Å²) in [5, 5.41) is 4.74. The molecule has 198 valence electrons. The standard InChI is InChI=1S/C29H30ClFN4O3/c1-15-6-4-9-19(14-15)26(36)23-22(17-10-12-20(31)13-11-17)25(28(32)37)35(29(38)18-7-5-8-18)24(23)21-16(2)33-34(3)27(21)30/h4,6,9-14,18,22-25H,5,7-8H2,1-3H3,(H2,32,37). The number of nitrogens with zero attached hydrogens (tertiary/aromatic N) is 3. The number of nitrogens with two attached hydrogens (primary N) is 1. The zero-order valence-corrected chi connectivity index (χ0v) is 22.3. The molecule has 2 amide bonds. The molecule has 2 heterocycles. The Morgan fingerprint density at radius 1 is 1.08 bits per heavy atom. The van der Waals surface area contributed by atoms with Gasteiger partial charge >= 0.3 is 0 Å². The molecule has 3 aromatic rings. The fourth-order valence-corrected chi connectivity index (χ4v) is 6.33. The van der Waals surface area contributed by atoms with E-state index in [9.17, 15) is 18.8 Å². The molecule has 1 saturated heterocycles. The van der Waals surface area contributed by atoms with Crippen molar-refractivity contribution in [1.82, 2.24) is 14.7 Å². The summed E-state index contributed by atoms with van der Waals surface area (Å²) in [7, 11) is 1.69. The van der Waals surface area contributed by atoms with Gasteiger partial charge in [0.25, 0.3) is 0 Å². The number of carbonyl (C=O) groups is 3. The van der Waals surface area contributed by atoms with Crippen molar-refractivity contribution >= 4 is 29.2 Å². The smallest absolute Gasteiger partial charge is 0.240 e. The van der Waals surface area contributed by atoms with E-state index in [1.165, 1.54) is 21.7 Å². The highest BCUT2D eigenvalue weighted by Crippen LogP contribution is 2.54. The van der Waals surface area contributed by atoms with Crippen molar-refractivity contribution in [3.05, 3.63) is 87.4 Å². The van der Waals surface area contributed by atoms with Crippen LogP contribution < -0.4 is 5.73 Å². The van der Waals surface area contributed by atoms with Crippen molar-refractivity contribution in [3.8, 4) is 0 Å². The first-order chi connectivity index (χ1) is 18.1. The van der Waals surface area contributed by atoms with Crippen LogP contribution in [0.25, 0.3) is 0 Å². The molecule has 7 nitrogen and oxygen atoms in total. The molecule has 5 rings (SSSR count). The average molecular weight is 537 g/mol. The van der Waals surface area contributed by atoms with E-state index in [4.69, 9.17) is 17.3 Å². The number of ketones is 1. The van der Waals surface area contributed by atoms with Gasteiger partial charge in [-0.05, 0) is 50.5 Å². The third-order valence-corrected chi connectivity index (χ3v) is 8.47. The summed E-state index contributed by atoms with van der Waals surface area (Å²) in [6, 6.07) is 10.9. The number of primary amides is 1. The maximum atomic E-state index is 14.4. The zero-order chi connectivity index (χ0) is 27.3. The van der Waals surface area contributed by atoms with Gasteiger partial charge in [0.1, 0.15) is 17.0 Å². The van der Waals surface area contributed by atoms with Crippen molar-refractivity contribution in [3.63, 3.8) is 0 Å². The molecule has 2 aromatic carbocycles. The molecule has 2 fully saturated rings. The Kier molecular flexibility index (Phi) is 6.86. The molecule has 38 heavy (non-hydrogen) atoms.